The maximum absolute atomic E-state index is 14.5. The molecule has 204 valence electrons. The first kappa shape index (κ1) is 25.9. The fourth-order valence-electron chi connectivity index (χ4n) is 5.71. The third kappa shape index (κ3) is 3.71. The molecule has 1 unspecified atom stereocenters. The van der Waals surface area contributed by atoms with Gasteiger partial charge in [0.25, 0.3) is 11.8 Å². The molecule has 4 heterocycles. The molecule has 0 aliphatic carbocycles. The molecule has 2 aliphatic heterocycles. The van der Waals surface area contributed by atoms with Crippen LogP contribution in [0.25, 0.3) is 11.0 Å². The van der Waals surface area contributed by atoms with Crippen LogP contribution in [0.2, 0.25) is 5.02 Å². The van der Waals surface area contributed by atoms with Crippen LogP contribution in [-0.2, 0) is 16.1 Å². The number of rotatable bonds is 5. The lowest BCUT2D eigenvalue weighted by atomic mass is 9.84. The van der Waals surface area contributed by atoms with E-state index in [1.807, 2.05) is 56.3 Å². The van der Waals surface area contributed by atoms with Gasteiger partial charge in [0.1, 0.15) is 5.58 Å². The molecule has 0 N–H and O–H groups in total. The van der Waals surface area contributed by atoms with E-state index in [9.17, 15) is 14.4 Å². The predicted octanol–water partition coefficient (Wildman–Crippen LogP) is 6.17. The smallest absolute Gasteiger partial charge is 0.297 e. The summed E-state index contributed by atoms with van der Waals surface area (Å²) in [6, 6.07) is 20.0. The molecule has 41 heavy (non-hydrogen) atoms. The maximum atomic E-state index is 14.5. The number of hydrogen-bond donors (Lipinski definition) is 0. The second kappa shape index (κ2) is 9.54. The Morgan fingerprint density at radius 1 is 1.02 bits per heavy atom. The van der Waals surface area contributed by atoms with Crippen molar-refractivity contribution in [1.29, 1.82) is 0 Å². The summed E-state index contributed by atoms with van der Waals surface area (Å²) in [4.78, 5) is 45.9. The van der Waals surface area contributed by atoms with Gasteiger partial charge in [0.15, 0.2) is 15.3 Å². The van der Waals surface area contributed by atoms with Crippen molar-refractivity contribution in [2.24, 2.45) is 0 Å². The summed E-state index contributed by atoms with van der Waals surface area (Å²) in [7, 11) is 0. The largest absolute Gasteiger partial charge is 0.450 e. The van der Waals surface area contributed by atoms with Crippen LogP contribution >= 0.6 is 34.7 Å². The highest BCUT2D eigenvalue weighted by atomic mass is 35.5. The number of thioether (sulfide) groups is 1. The van der Waals surface area contributed by atoms with Crippen LogP contribution in [-0.4, -0.2) is 28.6 Å². The Kier molecular flexibility index (Phi) is 6.04. The van der Waals surface area contributed by atoms with Crippen LogP contribution in [0.15, 0.2) is 80.3 Å². The Morgan fingerprint density at radius 3 is 2.66 bits per heavy atom. The van der Waals surface area contributed by atoms with Crippen molar-refractivity contribution in [3.63, 3.8) is 0 Å². The number of fused-ring (bicyclic) bond motifs is 5. The van der Waals surface area contributed by atoms with Crippen molar-refractivity contribution in [3.8, 4) is 0 Å². The number of benzene rings is 3. The first-order valence-electron chi connectivity index (χ1n) is 12.9. The number of anilines is 2. The van der Waals surface area contributed by atoms with Crippen LogP contribution in [0, 0.1) is 6.92 Å². The van der Waals surface area contributed by atoms with Gasteiger partial charge in [0.2, 0.25) is 10.9 Å². The molecule has 2 aliphatic rings. The summed E-state index contributed by atoms with van der Waals surface area (Å²) >= 11 is 8.77. The zero-order valence-electron chi connectivity index (χ0n) is 21.9. The molecule has 0 saturated carbocycles. The number of amides is 2. The van der Waals surface area contributed by atoms with Crippen molar-refractivity contribution >= 4 is 68.3 Å². The Morgan fingerprint density at radius 2 is 1.85 bits per heavy atom. The molecule has 3 aromatic carbocycles. The van der Waals surface area contributed by atoms with Crippen LogP contribution in [0.1, 0.15) is 39.7 Å². The van der Waals surface area contributed by atoms with E-state index in [4.69, 9.17) is 16.0 Å². The Balaban J connectivity index is 1.43. The molecule has 1 atom stereocenters. The zero-order valence-corrected chi connectivity index (χ0v) is 24.3. The molecule has 2 amide bonds. The summed E-state index contributed by atoms with van der Waals surface area (Å²) in [5.41, 5.74) is 1.14. The third-order valence-electron chi connectivity index (χ3n) is 7.43. The van der Waals surface area contributed by atoms with Gasteiger partial charge in [-0.1, -0.05) is 76.7 Å². The number of aryl methyl sites for hydroxylation is 1. The van der Waals surface area contributed by atoms with Gasteiger partial charge in [-0.05, 0) is 49.7 Å². The lowest BCUT2D eigenvalue weighted by molar-refractivity contribution is -0.121. The molecule has 5 aromatic rings. The summed E-state index contributed by atoms with van der Waals surface area (Å²) in [6.45, 7) is 4.08. The first-order chi connectivity index (χ1) is 19.8. The van der Waals surface area contributed by atoms with E-state index in [0.29, 0.717) is 38.3 Å². The Bertz CT molecular complexity index is 1970. The van der Waals surface area contributed by atoms with Gasteiger partial charge in [-0.2, -0.15) is 0 Å². The van der Waals surface area contributed by atoms with Gasteiger partial charge >= 0.3 is 0 Å². The normalized spacial score (nSPS) is 17.6. The molecule has 7 rings (SSSR count). The van der Waals surface area contributed by atoms with Crippen molar-refractivity contribution in [3.05, 3.63) is 110 Å². The van der Waals surface area contributed by atoms with E-state index < -0.39 is 22.8 Å². The maximum Gasteiger partial charge on any atom is 0.297 e. The molecule has 0 bridgehead atoms. The Hall–Kier alpha value is -3.99. The number of hydrogen-bond acceptors (Lipinski definition) is 8. The fraction of sp³-hybridized carbons (Fsp3) is 0.167. The minimum Gasteiger partial charge on any atom is -0.450 e. The first-order valence-corrected chi connectivity index (χ1v) is 15.1. The van der Waals surface area contributed by atoms with Crippen LogP contribution in [0.4, 0.5) is 10.8 Å². The second-order valence-electron chi connectivity index (χ2n) is 9.82. The van der Waals surface area contributed by atoms with Crippen LogP contribution in [0.5, 0.6) is 0 Å². The average Bonchev–Trinajstić information content (AvgIpc) is 3.60. The summed E-state index contributed by atoms with van der Waals surface area (Å²) < 4.78 is 6.73. The highest BCUT2D eigenvalue weighted by molar-refractivity contribution is 8.00. The lowest BCUT2D eigenvalue weighted by Crippen LogP contribution is -2.53. The highest BCUT2D eigenvalue weighted by Gasteiger charge is 2.66. The minimum atomic E-state index is -1.77. The number of nitrogens with zero attached hydrogens (tertiary/aromatic N) is 4. The number of para-hydroxylation sites is 1. The van der Waals surface area contributed by atoms with Gasteiger partial charge in [-0.3, -0.25) is 19.3 Å². The second-order valence-corrected chi connectivity index (χ2v) is 12.4. The lowest BCUT2D eigenvalue weighted by Gasteiger charge is -2.31. The molecule has 0 radical (unpaired) electrons. The van der Waals surface area contributed by atoms with Crippen LogP contribution < -0.4 is 15.2 Å². The number of likely N-dealkylation sites (N-methyl/N-ethyl adjacent to an activating group) is 1. The number of halogens is 1. The summed E-state index contributed by atoms with van der Waals surface area (Å²) in [5, 5.41) is 9.85. The standard InChI is InChI=1S/C30H21ClN4O4S2/c1-3-34-21-10-5-4-9-20(21)30(27(34)38)23-24(36)19-13-16(2)11-12-22(19)39-25(23)26(37)35(30)28-32-33-29(41-28)40-15-17-7-6-8-18(31)14-17/h4-14H,3,15H2,1-2H3. The topological polar surface area (TPSA) is 96.6 Å². The molecule has 1 spiro atoms. The van der Waals surface area contributed by atoms with Crippen LogP contribution in [0.3, 0.4) is 0 Å². The molecule has 0 saturated heterocycles. The number of aromatic nitrogens is 2. The van der Waals surface area contributed by atoms with Gasteiger partial charge < -0.3 is 9.32 Å². The molecular weight excluding hydrogens is 580 g/mol. The van der Waals surface area contributed by atoms with E-state index in [-0.39, 0.29) is 22.0 Å². The van der Waals surface area contributed by atoms with E-state index in [2.05, 4.69) is 10.2 Å². The highest BCUT2D eigenvalue weighted by Crippen LogP contribution is 2.54. The zero-order chi connectivity index (χ0) is 28.5. The fourth-order valence-corrected chi connectivity index (χ4v) is 7.76. The summed E-state index contributed by atoms with van der Waals surface area (Å²) in [5.74, 6) is -0.583. The predicted molar refractivity (Wildman–Crippen MR) is 160 cm³/mol. The Labute approximate surface area is 247 Å². The number of carbonyl (C=O) groups is 2. The SMILES string of the molecule is CCN1C(=O)C2(c3ccccc31)c1c(oc3ccc(C)cc3c1=O)C(=O)N2c1nnc(SCc2cccc(Cl)c2)s1. The van der Waals surface area contributed by atoms with Gasteiger partial charge in [0, 0.05) is 22.9 Å². The minimum absolute atomic E-state index is 0.0114. The molecule has 8 nitrogen and oxygen atoms in total. The molecular formula is C30H21ClN4O4S2. The quantitative estimate of drug-likeness (QED) is 0.176. The monoisotopic (exact) mass is 600 g/mol. The summed E-state index contributed by atoms with van der Waals surface area (Å²) in [6.07, 6.45) is 0. The van der Waals surface area contributed by atoms with E-state index in [0.717, 1.165) is 11.1 Å². The van der Waals surface area contributed by atoms with Gasteiger partial charge in [0.05, 0.1) is 16.6 Å². The van der Waals surface area contributed by atoms with Gasteiger partial charge in [-0.25, -0.2) is 0 Å². The molecule has 0 fully saturated rings. The number of carbonyl (C=O) groups excluding carboxylic acids is 2. The van der Waals surface area contributed by atoms with Crippen molar-refractivity contribution in [2.45, 2.75) is 29.5 Å². The van der Waals surface area contributed by atoms with Crippen molar-refractivity contribution < 1.29 is 14.0 Å². The van der Waals surface area contributed by atoms with Crippen molar-refractivity contribution in [1.82, 2.24) is 10.2 Å². The van der Waals surface area contributed by atoms with Crippen molar-refractivity contribution in [2.75, 3.05) is 16.3 Å². The van der Waals surface area contributed by atoms with E-state index in [1.54, 1.807) is 29.2 Å². The van der Waals surface area contributed by atoms with E-state index >= 15 is 0 Å². The third-order valence-corrected chi connectivity index (χ3v) is 9.78. The average molecular weight is 601 g/mol. The molecule has 11 heteroatoms. The van der Waals surface area contributed by atoms with E-state index in [1.165, 1.54) is 28.0 Å². The molecule has 2 aromatic heterocycles. The van der Waals surface area contributed by atoms with Gasteiger partial charge in [-0.15, -0.1) is 10.2 Å².